The minimum Gasteiger partial charge on any atom is -0.481 e. The van der Waals surface area contributed by atoms with Crippen LogP contribution >= 0.6 is 0 Å². The Labute approximate surface area is 74.7 Å². The summed E-state index contributed by atoms with van der Waals surface area (Å²) in [5.41, 5.74) is 0. The second-order valence-electron chi connectivity index (χ2n) is 2.92. The maximum atomic E-state index is 11.6. The third kappa shape index (κ3) is 11.3. The van der Waals surface area contributed by atoms with Gasteiger partial charge in [-0.15, -0.1) is 0 Å². The van der Waals surface area contributed by atoms with E-state index in [2.05, 4.69) is 0 Å². The molecule has 0 saturated heterocycles. The molecule has 0 amide bonds. The number of hydrogen-bond donors (Lipinski definition) is 1. The third-order valence-corrected chi connectivity index (χ3v) is 1.60. The first-order valence-electron chi connectivity index (χ1n) is 4.20. The Morgan fingerprint density at radius 1 is 1.08 bits per heavy atom. The zero-order valence-corrected chi connectivity index (χ0v) is 7.23. The predicted octanol–water partition coefficient (Wildman–Crippen LogP) is 2.97. The quantitative estimate of drug-likeness (QED) is 0.666. The van der Waals surface area contributed by atoms with Gasteiger partial charge in [0.2, 0.25) is 0 Å². The van der Waals surface area contributed by atoms with Gasteiger partial charge in [0.15, 0.2) is 0 Å². The maximum absolute atomic E-state index is 11.6. The van der Waals surface area contributed by atoms with Crippen molar-refractivity contribution in [1.82, 2.24) is 0 Å². The fourth-order valence-electron chi connectivity index (χ4n) is 0.955. The lowest BCUT2D eigenvalue weighted by Crippen LogP contribution is -2.06. The number of aliphatic carboxylic acids is 1. The highest BCUT2D eigenvalue weighted by atomic mass is 19.4. The smallest absolute Gasteiger partial charge is 0.389 e. The fourth-order valence-corrected chi connectivity index (χ4v) is 0.955. The Morgan fingerprint density at radius 2 is 1.62 bits per heavy atom. The minimum absolute atomic E-state index is 0.0476. The van der Waals surface area contributed by atoms with Crippen molar-refractivity contribution >= 4 is 5.97 Å². The van der Waals surface area contributed by atoms with Crippen molar-refractivity contribution in [3.63, 3.8) is 0 Å². The summed E-state index contributed by atoms with van der Waals surface area (Å²) >= 11 is 0. The molecule has 0 aromatic rings. The van der Waals surface area contributed by atoms with Gasteiger partial charge in [-0.1, -0.05) is 12.8 Å². The van der Waals surface area contributed by atoms with Gasteiger partial charge in [0.25, 0.3) is 0 Å². The van der Waals surface area contributed by atoms with Crippen LogP contribution in [0.3, 0.4) is 0 Å². The molecule has 13 heavy (non-hydrogen) atoms. The highest BCUT2D eigenvalue weighted by molar-refractivity contribution is 5.66. The van der Waals surface area contributed by atoms with Crippen molar-refractivity contribution in [2.75, 3.05) is 0 Å². The van der Waals surface area contributed by atoms with Crippen LogP contribution in [0.25, 0.3) is 0 Å². The van der Waals surface area contributed by atoms with Crippen LogP contribution in [0.1, 0.15) is 38.5 Å². The summed E-state index contributed by atoms with van der Waals surface area (Å²) in [5.74, 6) is -0.893. The van der Waals surface area contributed by atoms with Gasteiger partial charge < -0.3 is 5.11 Å². The first-order valence-corrected chi connectivity index (χ1v) is 4.20. The number of rotatable bonds is 6. The van der Waals surface area contributed by atoms with Gasteiger partial charge in [-0.05, 0) is 12.8 Å². The van der Waals surface area contributed by atoms with E-state index in [0.29, 0.717) is 19.3 Å². The van der Waals surface area contributed by atoms with Gasteiger partial charge in [0, 0.05) is 12.8 Å². The first kappa shape index (κ1) is 12.3. The van der Waals surface area contributed by atoms with Crippen molar-refractivity contribution in [2.24, 2.45) is 0 Å². The molecule has 5 heteroatoms. The fraction of sp³-hybridized carbons (Fsp3) is 0.875. The Hall–Kier alpha value is -0.740. The lowest BCUT2D eigenvalue weighted by molar-refractivity contribution is -0.138. The Kier molecular flexibility index (Phi) is 5.50. The molecule has 1 N–H and O–H groups in total. The predicted molar refractivity (Wildman–Crippen MR) is 41.4 cm³/mol. The van der Waals surface area contributed by atoms with Gasteiger partial charge in [-0.3, -0.25) is 4.79 Å². The molecule has 0 aliphatic heterocycles. The summed E-state index contributed by atoms with van der Waals surface area (Å²) in [7, 11) is 0. The number of carboxylic acid groups (broad SMARTS) is 1. The molecule has 0 aliphatic carbocycles. The van der Waals surface area contributed by atoms with Gasteiger partial charge in [0.1, 0.15) is 0 Å². The van der Waals surface area contributed by atoms with Crippen molar-refractivity contribution in [3.8, 4) is 0 Å². The summed E-state index contributed by atoms with van der Waals surface area (Å²) in [4.78, 5) is 10.0. The third-order valence-electron chi connectivity index (χ3n) is 1.60. The molecule has 0 bridgehead atoms. The minimum atomic E-state index is -4.08. The van der Waals surface area contributed by atoms with Crippen molar-refractivity contribution in [1.29, 1.82) is 0 Å². The van der Waals surface area contributed by atoms with E-state index < -0.39 is 18.6 Å². The summed E-state index contributed by atoms with van der Waals surface area (Å²) in [6.45, 7) is 0. The molecule has 0 aliphatic rings. The molecule has 0 rings (SSSR count). The second-order valence-corrected chi connectivity index (χ2v) is 2.92. The van der Waals surface area contributed by atoms with Crippen molar-refractivity contribution in [3.05, 3.63) is 0 Å². The molecular formula is C8H13F3O2. The lowest BCUT2D eigenvalue weighted by atomic mass is 10.1. The SMILES string of the molecule is O=C(O)CCCCCCC(F)(F)F. The number of unbranched alkanes of at least 4 members (excludes halogenated alkanes) is 3. The lowest BCUT2D eigenvalue weighted by Gasteiger charge is -2.04. The van der Waals surface area contributed by atoms with Crippen LogP contribution in [0, 0.1) is 0 Å². The Balaban J connectivity index is 3.13. The van der Waals surface area contributed by atoms with Crippen LogP contribution in [-0.4, -0.2) is 17.3 Å². The Bertz CT molecular complexity index is 154. The van der Waals surface area contributed by atoms with Crippen LogP contribution in [0.15, 0.2) is 0 Å². The molecule has 0 heterocycles. The standard InChI is InChI=1S/C8H13F3O2/c9-8(10,11)6-4-2-1-3-5-7(12)13/h1-6H2,(H,12,13). The number of alkyl halides is 3. The summed E-state index contributed by atoms with van der Waals surface area (Å²) in [6.07, 6.45) is -3.22. The van der Waals surface area contributed by atoms with E-state index in [9.17, 15) is 18.0 Å². The van der Waals surface area contributed by atoms with E-state index in [1.54, 1.807) is 0 Å². The molecule has 78 valence electrons. The van der Waals surface area contributed by atoms with E-state index in [0.717, 1.165) is 0 Å². The molecule has 2 nitrogen and oxygen atoms in total. The van der Waals surface area contributed by atoms with Crippen LogP contribution in [-0.2, 0) is 4.79 Å². The molecule has 0 radical (unpaired) electrons. The normalized spacial score (nSPS) is 11.6. The summed E-state index contributed by atoms with van der Waals surface area (Å²) < 4.78 is 34.8. The van der Waals surface area contributed by atoms with Gasteiger partial charge in [0.05, 0.1) is 0 Å². The average molecular weight is 198 g/mol. The van der Waals surface area contributed by atoms with E-state index in [1.165, 1.54) is 0 Å². The highest BCUT2D eigenvalue weighted by Gasteiger charge is 2.25. The largest absolute Gasteiger partial charge is 0.481 e. The van der Waals surface area contributed by atoms with Gasteiger partial charge in [-0.25, -0.2) is 0 Å². The molecule has 0 aromatic carbocycles. The van der Waals surface area contributed by atoms with E-state index >= 15 is 0 Å². The van der Waals surface area contributed by atoms with Crippen molar-refractivity contribution < 1.29 is 23.1 Å². The molecule has 0 spiro atoms. The number of carboxylic acids is 1. The first-order chi connectivity index (χ1) is 5.92. The molecule has 0 unspecified atom stereocenters. The van der Waals surface area contributed by atoms with Crippen molar-refractivity contribution in [2.45, 2.75) is 44.7 Å². The average Bonchev–Trinajstić information content (AvgIpc) is 1.93. The molecule has 0 atom stereocenters. The zero-order valence-electron chi connectivity index (χ0n) is 7.23. The number of halogens is 3. The van der Waals surface area contributed by atoms with Crippen LogP contribution in [0.4, 0.5) is 13.2 Å². The van der Waals surface area contributed by atoms with E-state index in [-0.39, 0.29) is 12.8 Å². The molecule has 0 fully saturated rings. The number of carbonyl (C=O) groups is 1. The second kappa shape index (κ2) is 5.83. The topological polar surface area (TPSA) is 37.3 Å². The zero-order chi connectivity index (χ0) is 10.3. The molecule has 0 aromatic heterocycles. The monoisotopic (exact) mass is 198 g/mol. The highest BCUT2D eigenvalue weighted by Crippen LogP contribution is 2.22. The van der Waals surface area contributed by atoms with Gasteiger partial charge >= 0.3 is 12.1 Å². The summed E-state index contributed by atoms with van der Waals surface area (Å²) in [6, 6.07) is 0. The molecule has 0 saturated carbocycles. The maximum Gasteiger partial charge on any atom is 0.389 e. The van der Waals surface area contributed by atoms with E-state index in [4.69, 9.17) is 5.11 Å². The van der Waals surface area contributed by atoms with Crippen LogP contribution in [0.5, 0.6) is 0 Å². The number of hydrogen-bond acceptors (Lipinski definition) is 1. The van der Waals surface area contributed by atoms with Crippen LogP contribution in [0.2, 0.25) is 0 Å². The van der Waals surface area contributed by atoms with E-state index in [1.807, 2.05) is 0 Å². The Morgan fingerprint density at radius 3 is 2.08 bits per heavy atom. The summed E-state index contributed by atoms with van der Waals surface area (Å²) in [5, 5.41) is 8.22. The molecular weight excluding hydrogens is 185 g/mol. The van der Waals surface area contributed by atoms with Gasteiger partial charge in [-0.2, -0.15) is 13.2 Å². The van der Waals surface area contributed by atoms with Crippen LogP contribution < -0.4 is 0 Å².